The van der Waals surface area contributed by atoms with E-state index in [1.54, 1.807) is 18.3 Å². The third-order valence-corrected chi connectivity index (χ3v) is 4.39. The summed E-state index contributed by atoms with van der Waals surface area (Å²) < 4.78 is 1.03. The second-order valence-corrected chi connectivity index (χ2v) is 4.91. The Hall–Kier alpha value is 0.330. The monoisotopic (exact) mass is 296 g/mol. The average molecular weight is 298 g/mol. The van der Waals surface area contributed by atoms with Crippen molar-refractivity contribution in [3.05, 3.63) is 20.8 Å². The predicted molar refractivity (Wildman–Crippen MR) is 54.4 cm³/mol. The molecule has 0 radical (unpaired) electrons. The maximum atomic E-state index is 10.9. The van der Waals surface area contributed by atoms with Crippen LogP contribution in [0.4, 0.5) is 0 Å². The van der Waals surface area contributed by atoms with Crippen molar-refractivity contribution in [1.29, 1.82) is 0 Å². The second kappa shape index (κ2) is 3.83. The molecule has 1 unspecified atom stereocenters. The summed E-state index contributed by atoms with van der Waals surface area (Å²) in [4.78, 5) is 11.8. The van der Waals surface area contributed by atoms with Crippen LogP contribution in [0.3, 0.4) is 0 Å². The zero-order valence-electron chi connectivity index (χ0n) is 5.80. The third kappa shape index (κ3) is 2.39. The predicted octanol–water partition coefficient (Wildman–Crippen LogP) is 3.54. The Labute approximate surface area is 86.1 Å². The van der Waals surface area contributed by atoms with Crippen molar-refractivity contribution in [3.63, 3.8) is 0 Å². The van der Waals surface area contributed by atoms with Gasteiger partial charge in [0.2, 0.25) is 0 Å². The number of halogens is 2. The largest absolute Gasteiger partial charge is 0.298 e. The molecule has 11 heavy (non-hydrogen) atoms. The van der Waals surface area contributed by atoms with Crippen LogP contribution in [0.15, 0.2) is 15.9 Å². The molecule has 1 nitrogen and oxygen atoms in total. The average Bonchev–Trinajstić information content (AvgIpc) is 2.34. The fraction of sp³-hybridized carbons (Fsp3) is 0.286. The highest BCUT2D eigenvalue weighted by Crippen LogP contribution is 2.31. The highest BCUT2D eigenvalue weighted by Gasteiger charge is 2.13. The quantitative estimate of drug-likeness (QED) is 0.763. The molecule has 1 aromatic heterocycles. The zero-order valence-corrected chi connectivity index (χ0v) is 9.79. The molecule has 1 aromatic rings. The molecule has 0 saturated carbocycles. The number of alkyl halides is 1. The topological polar surface area (TPSA) is 17.1 Å². The summed E-state index contributed by atoms with van der Waals surface area (Å²) in [5.74, 6) is 0.138. The summed E-state index contributed by atoms with van der Waals surface area (Å²) in [6, 6.07) is 1.95. The fourth-order valence-corrected chi connectivity index (χ4v) is 2.59. The van der Waals surface area contributed by atoms with Crippen molar-refractivity contribution in [1.82, 2.24) is 0 Å². The van der Waals surface area contributed by atoms with Gasteiger partial charge in [0.05, 0.1) is 0 Å². The van der Waals surface area contributed by atoms with Crippen LogP contribution in [-0.4, -0.2) is 5.78 Å². The standard InChI is InChI=1S/C7H6Br2OS/c1-4(10)7(9)6-2-5(8)3-11-6/h2-3,7H,1H3. The summed E-state index contributed by atoms with van der Waals surface area (Å²) in [7, 11) is 0. The van der Waals surface area contributed by atoms with Gasteiger partial charge in [-0.25, -0.2) is 0 Å². The summed E-state index contributed by atoms with van der Waals surface area (Å²) >= 11 is 8.20. The van der Waals surface area contributed by atoms with E-state index in [2.05, 4.69) is 31.9 Å². The number of Topliss-reactive ketones (excluding diaryl/α,β-unsaturated/α-hetero) is 1. The molecule has 0 aliphatic carbocycles. The van der Waals surface area contributed by atoms with E-state index in [1.165, 1.54) is 0 Å². The van der Waals surface area contributed by atoms with E-state index >= 15 is 0 Å². The van der Waals surface area contributed by atoms with Gasteiger partial charge in [-0.1, -0.05) is 15.9 Å². The molecule has 0 aromatic carbocycles. The maximum Gasteiger partial charge on any atom is 0.148 e. The minimum Gasteiger partial charge on any atom is -0.298 e. The van der Waals surface area contributed by atoms with Crippen LogP contribution in [0.1, 0.15) is 16.6 Å². The number of carbonyl (C=O) groups is 1. The minimum atomic E-state index is -0.140. The first-order valence-electron chi connectivity index (χ1n) is 2.99. The Balaban J connectivity index is 2.84. The minimum absolute atomic E-state index is 0.138. The Morgan fingerprint density at radius 2 is 2.36 bits per heavy atom. The van der Waals surface area contributed by atoms with Gasteiger partial charge in [0, 0.05) is 14.7 Å². The molecular formula is C7H6Br2OS. The molecule has 0 N–H and O–H groups in total. The lowest BCUT2D eigenvalue weighted by Crippen LogP contribution is -1.97. The van der Waals surface area contributed by atoms with Crippen LogP contribution in [-0.2, 0) is 4.79 Å². The molecule has 0 saturated heterocycles. The number of hydrogen-bond acceptors (Lipinski definition) is 2. The Morgan fingerprint density at radius 1 is 1.73 bits per heavy atom. The van der Waals surface area contributed by atoms with Crippen LogP contribution in [0.25, 0.3) is 0 Å². The number of hydrogen-bond donors (Lipinski definition) is 0. The van der Waals surface area contributed by atoms with E-state index in [1.807, 2.05) is 11.4 Å². The highest BCUT2D eigenvalue weighted by molar-refractivity contribution is 9.10. The molecule has 0 aliphatic heterocycles. The molecule has 1 heterocycles. The lowest BCUT2D eigenvalue weighted by Gasteiger charge is -1.99. The molecule has 0 spiro atoms. The van der Waals surface area contributed by atoms with Crippen LogP contribution in [0, 0.1) is 0 Å². The number of rotatable bonds is 2. The van der Waals surface area contributed by atoms with E-state index in [-0.39, 0.29) is 10.6 Å². The second-order valence-electron chi connectivity index (χ2n) is 2.14. The molecule has 0 bridgehead atoms. The van der Waals surface area contributed by atoms with Gasteiger partial charge in [-0.3, -0.25) is 4.79 Å². The van der Waals surface area contributed by atoms with E-state index in [4.69, 9.17) is 0 Å². The first-order chi connectivity index (χ1) is 5.11. The number of ketones is 1. The van der Waals surface area contributed by atoms with Crippen molar-refractivity contribution in [2.45, 2.75) is 11.8 Å². The summed E-state index contributed by atoms with van der Waals surface area (Å²) in [6.45, 7) is 1.58. The van der Waals surface area contributed by atoms with Crippen LogP contribution in [0.5, 0.6) is 0 Å². The molecule has 0 amide bonds. The SMILES string of the molecule is CC(=O)C(Br)c1cc(Br)cs1. The number of carbonyl (C=O) groups excluding carboxylic acids is 1. The number of thiophene rings is 1. The van der Waals surface area contributed by atoms with Crippen molar-refractivity contribution < 1.29 is 4.79 Å². The molecule has 60 valence electrons. The van der Waals surface area contributed by atoms with Gasteiger partial charge in [-0.05, 0) is 28.9 Å². The van der Waals surface area contributed by atoms with Crippen molar-refractivity contribution in [3.8, 4) is 0 Å². The first kappa shape index (κ1) is 9.42. The first-order valence-corrected chi connectivity index (χ1v) is 5.58. The third-order valence-electron chi connectivity index (χ3n) is 1.19. The van der Waals surface area contributed by atoms with Gasteiger partial charge >= 0.3 is 0 Å². The summed E-state index contributed by atoms with van der Waals surface area (Å²) in [6.07, 6.45) is 0. The van der Waals surface area contributed by atoms with Gasteiger partial charge in [0.1, 0.15) is 10.6 Å². The normalized spacial score (nSPS) is 13.0. The van der Waals surface area contributed by atoms with Crippen molar-refractivity contribution in [2.24, 2.45) is 0 Å². The van der Waals surface area contributed by atoms with Crippen LogP contribution in [0.2, 0.25) is 0 Å². The highest BCUT2D eigenvalue weighted by atomic mass is 79.9. The molecule has 0 fully saturated rings. The maximum absolute atomic E-state index is 10.9. The Kier molecular flexibility index (Phi) is 3.28. The molecule has 1 rings (SSSR count). The molecule has 4 heteroatoms. The van der Waals surface area contributed by atoms with Gasteiger partial charge in [0.25, 0.3) is 0 Å². The van der Waals surface area contributed by atoms with Crippen molar-refractivity contribution in [2.75, 3.05) is 0 Å². The van der Waals surface area contributed by atoms with E-state index in [9.17, 15) is 4.79 Å². The van der Waals surface area contributed by atoms with Gasteiger partial charge in [-0.2, -0.15) is 0 Å². The van der Waals surface area contributed by atoms with Crippen LogP contribution < -0.4 is 0 Å². The lowest BCUT2D eigenvalue weighted by molar-refractivity contribution is -0.116. The smallest absolute Gasteiger partial charge is 0.148 e. The molecular weight excluding hydrogens is 292 g/mol. The van der Waals surface area contributed by atoms with Crippen LogP contribution >= 0.6 is 43.2 Å². The Morgan fingerprint density at radius 3 is 2.73 bits per heavy atom. The lowest BCUT2D eigenvalue weighted by atomic mass is 10.3. The van der Waals surface area contributed by atoms with Gasteiger partial charge < -0.3 is 0 Å². The van der Waals surface area contributed by atoms with E-state index < -0.39 is 0 Å². The van der Waals surface area contributed by atoms with E-state index in [0.717, 1.165) is 9.35 Å². The Bertz CT molecular complexity index is 269. The van der Waals surface area contributed by atoms with E-state index in [0.29, 0.717) is 0 Å². The summed E-state index contributed by atoms with van der Waals surface area (Å²) in [5, 5.41) is 1.96. The molecule has 0 aliphatic rings. The fourth-order valence-electron chi connectivity index (χ4n) is 0.662. The molecule has 1 atom stereocenters. The van der Waals surface area contributed by atoms with Crippen molar-refractivity contribution >= 4 is 49.0 Å². The summed E-state index contributed by atoms with van der Waals surface area (Å²) in [5.41, 5.74) is 0. The van der Waals surface area contributed by atoms with Gasteiger partial charge in [-0.15, -0.1) is 11.3 Å². The van der Waals surface area contributed by atoms with Gasteiger partial charge in [0.15, 0.2) is 0 Å². The zero-order chi connectivity index (χ0) is 8.43.